The largest absolute Gasteiger partial charge is 0.321 e. The quantitative estimate of drug-likeness (QED) is 0.927. The molecule has 2 nitrogen and oxygen atoms in total. The summed E-state index contributed by atoms with van der Waals surface area (Å²) in [6.07, 6.45) is 0.568. The zero-order chi connectivity index (χ0) is 13.8. The Labute approximate surface area is 118 Å². The van der Waals surface area contributed by atoms with Crippen molar-refractivity contribution < 1.29 is 4.79 Å². The number of Topliss-reactive ketones (excluding diaryl/α,β-unsaturated/α-hetero) is 1. The van der Waals surface area contributed by atoms with Gasteiger partial charge in [0.25, 0.3) is 0 Å². The molecule has 1 atom stereocenters. The van der Waals surface area contributed by atoms with Crippen LogP contribution in [0.3, 0.4) is 0 Å². The zero-order valence-corrected chi connectivity index (χ0v) is 11.5. The molecule has 0 aliphatic carbocycles. The van der Waals surface area contributed by atoms with E-state index < -0.39 is 6.04 Å². The maximum atomic E-state index is 11.1. The highest BCUT2D eigenvalue weighted by molar-refractivity contribution is 6.33. The number of benzene rings is 2. The van der Waals surface area contributed by atoms with E-state index in [0.717, 1.165) is 21.7 Å². The van der Waals surface area contributed by atoms with Gasteiger partial charge in [0, 0.05) is 10.6 Å². The Kier molecular flexibility index (Phi) is 4.35. The fourth-order valence-electron chi connectivity index (χ4n) is 1.91. The van der Waals surface area contributed by atoms with Crippen LogP contribution < -0.4 is 5.73 Å². The molecule has 0 heterocycles. The van der Waals surface area contributed by atoms with Gasteiger partial charge in [0.1, 0.15) is 5.78 Å². The van der Waals surface area contributed by atoms with Gasteiger partial charge < -0.3 is 5.73 Å². The number of hydrogen-bond acceptors (Lipinski definition) is 2. The first kappa shape index (κ1) is 13.8. The second-order valence-electron chi connectivity index (χ2n) is 4.60. The summed E-state index contributed by atoms with van der Waals surface area (Å²) in [4.78, 5) is 11.1. The summed E-state index contributed by atoms with van der Waals surface area (Å²) >= 11 is 6.16. The lowest BCUT2D eigenvalue weighted by Crippen LogP contribution is -2.30. The summed E-state index contributed by atoms with van der Waals surface area (Å²) < 4.78 is 0. The summed E-state index contributed by atoms with van der Waals surface area (Å²) in [5.41, 5.74) is 8.87. The van der Waals surface area contributed by atoms with Gasteiger partial charge >= 0.3 is 0 Å². The standard InChI is InChI=1S/C16H16ClNO/c1-11(19)16(18)10-12-6-8-13(9-7-12)14-4-2-3-5-15(14)17/h2-9,16H,10,18H2,1H3/t16-/m0/s1. The molecule has 0 saturated carbocycles. The maximum absolute atomic E-state index is 11.1. The third-order valence-corrected chi connectivity index (χ3v) is 3.45. The molecule has 0 radical (unpaired) electrons. The molecule has 0 saturated heterocycles. The van der Waals surface area contributed by atoms with Crippen molar-refractivity contribution in [1.82, 2.24) is 0 Å². The number of carbonyl (C=O) groups is 1. The normalized spacial score (nSPS) is 12.2. The molecule has 2 aromatic carbocycles. The molecule has 3 heteroatoms. The minimum Gasteiger partial charge on any atom is -0.321 e. The Morgan fingerprint density at radius 1 is 1.16 bits per heavy atom. The molecule has 98 valence electrons. The lowest BCUT2D eigenvalue weighted by atomic mass is 10.00. The van der Waals surface area contributed by atoms with Crippen molar-refractivity contribution in [2.45, 2.75) is 19.4 Å². The van der Waals surface area contributed by atoms with Crippen LogP contribution in [0.1, 0.15) is 12.5 Å². The second-order valence-corrected chi connectivity index (χ2v) is 5.01. The van der Waals surface area contributed by atoms with E-state index in [1.165, 1.54) is 6.92 Å². The van der Waals surface area contributed by atoms with E-state index in [-0.39, 0.29) is 5.78 Å². The van der Waals surface area contributed by atoms with Gasteiger partial charge in [-0.05, 0) is 30.5 Å². The van der Waals surface area contributed by atoms with Gasteiger partial charge in [-0.3, -0.25) is 4.79 Å². The van der Waals surface area contributed by atoms with Crippen LogP contribution in [0.25, 0.3) is 11.1 Å². The van der Waals surface area contributed by atoms with Crippen molar-refractivity contribution in [3.05, 3.63) is 59.1 Å². The van der Waals surface area contributed by atoms with Crippen LogP contribution >= 0.6 is 11.6 Å². The summed E-state index contributed by atoms with van der Waals surface area (Å²) in [6, 6.07) is 15.3. The second kappa shape index (κ2) is 6.00. The summed E-state index contributed by atoms with van der Waals surface area (Å²) in [5.74, 6) is 0.00943. The average molecular weight is 274 g/mol. The van der Waals surface area contributed by atoms with Crippen molar-refractivity contribution in [1.29, 1.82) is 0 Å². The number of ketones is 1. The molecule has 0 amide bonds. The van der Waals surface area contributed by atoms with Crippen molar-refractivity contribution in [2.75, 3.05) is 0 Å². The molecular formula is C16H16ClNO. The lowest BCUT2D eigenvalue weighted by molar-refractivity contribution is -0.118. The molecule has 0 aromatic heterocycles. The molecular weight excluding hydrogens is 258 g/mol. The van der Waals surface area contributed by atoms with Crippen LogP contribution in [0.4, 0.5) is 0 Å². The summed E-state index contributed by atoms with van der Waals surface area (Å²) in [7, 11) is 0. The molecule has 19 heavy (non-hydrogen) atoms. The van der Waals surface area contributed by atoms with E-state index in [0.29, 0.717) is 6.42 Å². The Hall–Kier alpha value is -1.64. The molecule has 0 aliphatic heterocycles. The van der Waals surface area contributed by atoms with E-state index in [9.17, 15) is 4.79 Å². The lowest BCUT2D eigenvalue weighted by Gasteiger charge is -2.09. The summed E-state index contributed by atoms with van der Waals surface area (Å²) in [5, 5.41) is 0.732. The van der Waals surface area contributed by atoms with Crippen LogP contribution in [0.5, 0.6) is 0 Å². The van der Waals surface area contributed by atoms with Gasteiger partial charge in [0.05, 0.1) is 6.04 Å². The fourth-order valence-corrected chi connectivity index (χ4v) is 2.16. The first-order valence-corrected chi connectivity index (χ1v) is 6.55. The van der Waals surface area contributed by atoms with Gasteiger partial charge in [0.2, 0.25) is 0 Å². The molecule has 0 spiro atoms. The maximum Gasteiger partial charge on any atom is 0.146 e. The van der Waals surface area contributed by atoms with Crippen LogP contribution in [0, 0.1) is 0 Å². The minimum absolute atomic E-state index is 0.00943. The zero-order valence-electron chi connectivity index (χ0n) is 10.8. The van der Waals surface area contributed by atoms with Crippen LogP contribution in [-0.2, 0) is 11.2 Å². The first-order valence-electron chi connectivity index (χ1n) is 6.18. The van der Waals surface area contributed by atoms with E-state index in [4.69, 9.17) is 17.3 Å². The Bertz CT molecular complexity index is 578. The van der Waals surface area contributed by atoms with E-state index >= 15 is 0 Å². The number of nitrogens with two attached hydrogens (primary N) is 1. The van der Waals surface area contributed by atoms with Crippen LogP contribution in [0.2, 0.25) is 5.02 Å². The smallest absolute Gasteiger partial charge is 0.146 e. The van der Waals surface area contributed by atoms with Gasteiger partial charge in [-0.1, -0.05) is 54.1 Å². The van der Waals surface area contributed by atoms with Gasteiger partial charge in [0.15, 0.2) is 0 Å². The fraction of sp³-hybridized carbons (Fsp3) is 0.188. The highest BCUT2D eigenvalue weighted by Crippen LogP contribution is 2.27. The number of hydrogen-bond donors (Lipinski definition) is 1. The molecule has 0 unspecified atom stereocenters. The van der Waals surface area contributed by atoms with Crippen molar-refractivity contribution >= 4 is 17.4 Å². The Balaban J connectivity index is 2.19. The molecule has 0 bridgehead atoms. The van der Waals surface area contributed by atoms with E-state index in [2.05, 4.69) is 0 Å². The van der Waals surface area contributed by atoms with Gasteiger partial charge in [-0.25, -0.2) is 0 Å². The molecule has 2 rings (SSSR count). The molecule has 2 aromatic rings. The monoisotopic (exact) mass is 273 g/mol. The predicted molar refractivity (Wildman–Crippen MR) is 79.2 cm³/mol. The third-order valence-electron chi connectivity index (χ3n) is 3.12. The number of rotatable bonds is 4. The van der Waals surface area contributed by atoms with Gasteiger partial charge in [-0.15, -0.1) is 0 Å². The van der Waals surface area contributed by atoms with Crippen molar-refractivity contribution in [3.63, 3.8) is 0 Å². The van der Waals surface area contributed by atoms with Crippen LogP contribution in [0.15, 0.2) is 48.5 Å². The minimum atomic E-state index is -0.425. The number of carbonyl (C=O) groups excluding carboxylic acids is 1. The van der Waals surface area contributed by atoms with Gasteiger partial charge in [-0.2, -0.15) is 0 Å². The molecule has 0 aliphatic rings. The summed E-state index contributed by atoms with van der Waals surface area (Å²) in [6.45, 7) is 1.52. The van der Waals surface area contributed by atoms with Crippen LogP contribution in [-0.4, -0.2) is 11.8 Å². The van der Waals surface area contributed by atoms with E-state index in [1.54, 1.807) is 0 Å². The third kappa shape index (κ3) is 3.43. The first-order chi connectivity index (χ1) is 9.08. The average Bonchev–Trinajstić information content (AvgIpc) is 2.40. The van der Waals surface area contributed by atoms with Crippen molar-refractivity contribution in [2.24, 2.45) is 5.73 Å². The number of halogens is 1. The Morgan fingerprint density at radius 2 is 1.79 bits per heavy atom. The highest BCUT2D eigenvalue weighted by Gasteiger charge is 2.09. The predicted octanol–water partition coefficient (Wildman–Crippen LogP) is 3.47. The Morgan fingerprint density at radius 3 is 2.37 bits per heavy atom. The van der Waals surface area contributed by atoms with Crippen molar-refractivity contribution in [3.8, 4) is 11.1 Å². The topological polar surface area (TPSA) is 43.1 Å². The SMILES string of the molecule is CC(=O)[C@@H](N)Cc1ccc(-c2ccccc2Cl)cc1. The molecule has 2 N–H and O–H groups in total. The van der Waals surface area contributed by atoms with E-state index in [1.807, 2.05) is 48.5 Å². The molecule has 0 fully saturated rings. The highest BCUT2D eigenvalue weighted by atomic mass is 35.5.